The van der Waals surface area contributed by atoms with Crippen molar-refractivity contribution in [2.45, 2.75) is 13.2 Å². The van der Waals surface area contributed by atoms with E-state index in [-0.39, 0.29) is 6.61 Å². The van der Waals surface area contributed by atoms with Crippen molar-refractivity contribution >= 4 is 5.82 Å². The molecule has 0 bridgehead atoms. The summed E-state index contributed by atoms with van der Waals surface area (Å²) in [5, 5.41) is 21.3. The van der Waals surface area contributed by atoms with E-state index in [2.05, 4.69) is 16.4 Å². The molecule has 1 aromatic carbocycles. The molecule has 4 nitrogen and oxygen atoms in total. The van der Waals surface area contributed by atoms with E-state index >= 15 is 0 Å². The molecule has 2 rings (SSSR count). The minimum Gasteiger partial charge on any atom is -0.392 e. The Kier molecular flexibility index (Phi) is 3.90. The van der Waals surface area contributed by atoms with Gasteiger partial charge >= 0.3 is 0 Å². The van der Waals surface area contributed by atoms with Gasteiger partial charge in [-0.1, -0.05) is 24.3 Å². The van der Waals surface area contributed by atoms with Crippen molar-refractivity contribution in [3.63, 3.8) is 0 Å². The number of nitrogens with zero attached hydrogens (tertiary/aromatic N) is 2. The number of pyridine rings is 1. The lowest BCUT2D eigenvalue weighted by atomic mass is 10.1. The molecule has 4 heteroatoms. The molecule has 0 atom stereocenters. The average molecular weight is 239 g/mol. The number of nitriles is 1. The summed E-state index contributed by atoms with van der Waals surface area (Å²) in [5.41, 5.74) is 2.38. The lowest BCUT2D eigenvalue weighted by Crippen LogP contribution is -2.05. The van der Waals surface area contributed by atoms with Crippen molar-refractivity contribution in [3.05, 3.63) is 59.3 Å². The first-order chi connectivity index (χ1) is 8.85. The van der Waals surface area contributed by atoms with Gasteiger partial charge in [0.25, 0.3) is 0 Å². The minimum absolute atomic E-state index is 0.00514. The first kappa shape index (κ1) is 12.1. The van der Waals surface area contributed by atoms with E-state index in [0.717, 1.165) is 11.1 Å². The van der Waals surface area contributed by atoms with Crippen molar-refractivity contribution in [1.29, 1.82) is 5.26 Å². The fourth-order valence-corrected chi connectivity index (χ4v) is 1.70. The predicted octanol–water partition coefficient (Wildman–Crippen LogP) is 2.06. The van der Waals surface area contributed by atoms with Gasteiger partial charge in [-0.3, -0.25) is 0 Å². The van der Waals surface area contributed by atoms with Gasteiger partial charge in [-0.2, -0.15) is 5.26 Å². The van der Waals surface area contributed by atoms with E-state index in [4.69, 9.17) is 5.26 Å². The summed E-state index contributed by atoms with van der Waals surface area (Å²) < 4.78 is 0. The van der Waals surface area contributed by atoms with E-state index in [1.807, 2.05) is 24.3 Å². The monoisotopic (exact) mass is 239 g/mol. The number of nitrogens with one attached hydrogen (secondary N) is 1. The molecule has 0 spiro atoms. The molecule has 0 unspecified atom stereocenters. The van der Waals surface area contributed by atoms with Crippen molar-refractivity contribution in [2.24, 2.45) is 0 Å². The SMILES string of the molecule is N#Cc1cccnc1NCc1ccccc1CO. The minimum atomic E-state index is 0.00514. The summed E-state index contributed by atoms with van der Waals surface area (Å²) in [6.45, 7) is 0.535. The Balaban J connectivity index is 2.14. The van der Waals surface area contributed by atoms with Crippen LogP contribution in [-0.4, -0.2) is 10.1 Å². The smallest absolute Gasteiger partial charge is 0.144 e. The number of benzene rings is 1. The Hall–Kier alpha value is -2.38. The molecule has 1 aromatic heterocycles. The summed E-state index contributed by atoms with van der Waals surface area (Å²) in [6.07, 6.45) is 1.64. The molecule has 0 fully saturated rings. The fourth-order valence-electron chi connectivity index (χ4n) is 1.70. The quantitative estimate of drug-likeness (QED) is 0.856. The standard InChI is InChI=1S/C14H13N3O/c15-8-11-6-3-7-16-14(11)17-9-12-4-1-2-5-13(12)10-18/h1-7,18H,9-10H2,(H,16,17). The number of anilines is 1. The van der Waals surface area contributed by atoms with Crippen LogP contribution in [0.4, 0.5) is 5.82 Å². The van der Waals surface area contributed by atoms with Crippen LogP contribution in [0.3, 0.4) is 0 Å². The van der Waals surface area contributed by atoms with Crippen LogP contribution in [0.2, 0.25) is 0 Å². The van der Waals surface area contributed by atoms with Gasteiger partial charge in [-0.25, -0.2) is 4.98 Å². The second kappa shape index (κ2) is 5.80. The largest absolute Gasteiger partial charge is 0.392 e. The zero-order chi connectivity index (χ0) is 12.8. The van der Waals surface area contributed by atoms with Gasteiger partial charge in [0.05, 0.1) is 12.2 Å². The highest BCUT2D eigenvalue weighted by atomic mass is 16.3. The maximum Gasteiger partial charge on any atom is 0.144 e. The van der Waals surface area contributed by atoms with E-state index in [1.165, 1.54) is 0 Å². The fraction of sp³-hybridized carbons (Fsp3) is 0.143. The highest BCUT2D eigenvalue weighted by Crippen LogP contribution is 2.14. The Morgan fingerprint density at radius 2 is 1.94 bits per heavy atom. The molecule has 1 heterocycles. The van der Waals surface area contributed by atoms with Gasteiger partial charge in [-0.15, -0.1) is 0 Å². The molecule has 0 saturated heterocycles. The molecule has 0 aliphatic heterocycles. The third kappa shape index (κ3) is 2.65. The van der Waals surface area contributed by atoms with Gasteiger partial charge in [0.15, 0.2) is 0 Å². The molecule has 18 heavy (non-hydrogen) atoms. The Morgan fingerprint density at radius 3 is 2.67 bits per heavy atom. The van der Waals surface area contributed by atoms with Gasteiger partial charge < -0.3 is 10.4 Å². The average Bonchev–Trinajstić information content (AvgIpc) is 2.45. The Bertz CT molecular complexity index is 575. The highest BCUT2D eigenvalue weighted by Gasteiger charge is 2.04. The van der Waals surface area contributed by atoms with Crippen LogP contribution in [0.25, 0.3) is 0 Å². The third-order valence-electron chi connectivity index (χ3n) is 2.66. The van der Waals surface area contributed by atoms with Crippen molar-refractivity contribution in [3.8, 4) is 6.07 Å². The number of rotatable bonds is 4. The lowest BCUT2D eigenvalue weighted by Gasteiger charge is -2.09. The van der Waals surface area contributed by atoms with Crippen LogP contribution < -0.4 is 5.32 Å². The molecule has 2 aromatic rings. The summed E-state index contributed by atoms with van der Waals surface area (Å²) in [6, 6.07) is 13.1. The van der Waals surface area contributed by atoms with E-state index < -0.39 is 0 Å². The normalized spacial score (nSPS) is 9.78. The summed E-state index contributed by atoms with van der Waals surface area (Å²) in [7, 11) is 0. The van der Waals surface area contributed by atoms with Gasteiger partial charge in [0.2, 0.25) is 0 Å². The molecule has 2 N–H and O–H groups in total. The summed E-state index contributed by atoms with van der Waals surface area (Å²) >= 11 is 0. The van der Waals surface area contributed by atoms with Crippen LogP contribution in [0.15, 0.2) is 42.6 Å². The van der Waals surface area contributed by atoms with Crippen LogP contribution >= 0.6 is 0 Å². The topological polar surface area (TPSA) is 68.9 Å². The predicted molar refractivity (Wildman–Crippen MR) is 68.6 cm³/mol. The molecule has 0 radical (unpaired) electrons. The zero-order valence-electron chi connectivity index (χ0n) is 9.80. The Morgan fingerprint density at radius 1 is 1.17 bits per heavy atom. The van der Waals surface area contributed by atoms with Gasteiger partial charge in [0.1, 0.15) is 11.9 Å². The van der Waals surface area contributed by atoms with Crippen LogP contribution in [0, 0.1) is 11.3 Å². The first-order valence-electron chi connectivity index (χ1n) is 5.61. The van der Waals surface area contributed by atoms with E-state index in [9.17, 15) is 5.11 Å². The second-order valence-electron chi connectivity index (χ2n) is 3.79. The maximum atomic E-state index is 9.22. The Labute approximate surface area is 106 Å². The van der Waals surface area contributed by atoms with Crippen LogP contribution in [0.5, 0.6) is 0 Å². The lowest BCUT2D eigenvalue weighted by molar-refractivity contribution is 0.280. The maximum absolute atomic E-state index is 9.22. The van der Waals surface area contributed by atoms with Gasteiger partial charge in [-0.05, 0) is 23.3 Å². The zero-order valence-corrected chi connectivity index (χ0v) is 9.80. The van der Waals surface area contributed by atoms with Crippen molar-refractivity contribution in [2.75, 3.05) is 5.32 Å². The third-order valence-corrected chi connectivity index (χ3v) is 2.66. The first-order valence-corrected chi connectivity index (χ1v) is 5.61. The summed E-state index contributed by atoms with van der Waals surface area (Å²) in [5.74, 6) is 0.563. The van der Waals surface area contributed by atoms with Crippen LogP contribution in [-0.2, 0) is 13.2 Å². The number of hydrogen-bond donors (Lipinski definition) is 2. The number of aromatic nitrogens is 1. The number of aliphatic hydroxyl groups excluding tert-OH is 1. The molecular formula is C14H13N3O. The van der Waals surface area contributed by atoms with Gasteiger partial charge in [0, 0.05) is 12.7 Å². The molecule has 0 aliphatic rings. The number of hydrogen-bond acceptors (Lipinski definition) is 4. The second-order valence-corrected chi connectivity index (χ2v) is 3.79. The van der Waals surface area contributed by atoms with Crippen molar-refractivity contribution in [1.82, 2.24) is 4.98 Å². The van der Waals surface area contributed by atoms with E-state index in [1.54, 1.807) is 18.3 Å². The molecule has 0 aliphatic carbocycles. The molecule has 90 valence electrons. The van der Waals surface area contributed by atoms with Crippen LogP contribution in [0.1, 0.15) is 16.7 Å². The highest BCUT2D eigenvalue weighted by molar-refractivity contribution is 5.51. The molecule has 0 saturated carbocycles. The van der Waals surface area contributed by atoms with E-state index in [0.29, 0.717) is 17.9 Å². The number of aliphatic hydroxyl groups is 1. The molecular weight excluding hydrogens is 226 g/mol. The van der Waals surface area contributed by atoms with Crippen molar-refractivity contribution < 1.29 is 5.11 Å². The molecule has 0 amide bonds. The summed E-state index contributed by atoms with van der Waals surface area (Å²) in [4.78, 5) is 4.12.